The van der Waals surface area contributed by atoms with Gasteiger partial charge in [-0.1, -0.05) is 6.42 Å². The Morgan fingerprint density at radius 1 is 1.26 bits per heavy atom. The van der Waals surface area contributed by atoms with Gasteiger partial charge in [0.05, 0.1) is 18.8 Å². The van der Waals surface area contributed by atoms with E-state index in [0.29, 0.717) is 12.6 Å². The molecule has 3 aliphatic rings. The van der Waals surface area contributed by atoms with Gasteiger partial charge in [-0.3, -0.25) is 4.90 Å². The second-order valence-electron chi connectivity index (χ2n) is 7.13. The monoisotopic (exact) mass is 321 g/mol. The summed E-state index contributed by atoms with van der Waals surface area (Å²) in [6, 6.07) is 0.255. The number of aryl methyl sites for hydroxylation is 1. The van der Waals surface area contributed by atoms with Crippen LogP contribution in [0.2, 0.25) is 0 Å². The normalized spacial score (nSPS) is 31.2. The number of hydrogen-bond acceptors (Lipinski definition) is 6. The van der Waals surface area contributed by atoms with Crippen molar-refractivity contribution in [3.05, 3.63) is 5.82 Å². The molecule has 1 saturated carbocycles. The van der Waals surface area contributed by atoms with Gasteiger partial charge in [0.1, 0.15) is 0 Å². The number of anilines is 1. The molecule has 4 rings (SSSR count). The number of ether oxygens (including phenoxy) is 2. The molecule has 2 atom stereocenters. The van der Waals surface area contributed by atoms with Crippen molar-refractivity contribution in [2.24, 2.45) is 7.05 Å². The van der Waals surface area contributed by atoms with E-state index < -0.39 is 0 Å². The van der Waals surface area contributed by atoms with Crippen LogP contribution in [0.4, 0.5) is 5.95 Å². The van der Waals surface area contributed by atoms with Crippen molar-refractivity contribution in [1.29, 1.82) is 0 Å². The molecule has 7 nitrogen and oxygen atoms in total. The second kappa shape index (κ2) is 6.03. The minimum absolute atomic E-state index is 0.162. The molecular formula is C16H27N5O2. The maximum absolute atomic E-state index is 6.33. The van der Waals surface area contributed by atoms with Crippen molar-refractivity contribution >= 4 is 5.95 Å². The lowest BCUT2D eigenvalue weighted by atomic mass is 9.94. The van der Waals surface area contributed by atoms with Crippen LogP contribution in [-0.2, 0) is 16.5 Å². The predicted molar refractivity (Wildman–Crippen MR) is 85.6 cm³/mol. The van der Waals surface area contributed by atoms with Gasteiger partial charge < -0.3 is 15.2 Å². The maximum atomic E-state index is 6.33. The number of nitrogens with zero attached hydrogens (tertiary/aromatic N) is 4. The third-order valence-electron chi connectivity index (χ3n) is 5.44. The summed E-state index contributed by atoms with van der Waals surface area (Å²) in [4.78, 5) is 6.85. The van der Waals surface area contributed by atoms with Gasteiger partial charge in [-0.2, -0.15) is 10.1 Å². The first-order valence-electron chi connectivity index (χ1n) is 8.87. The third-order valence-corrected chi connectivity index (χ3v) is 5.44. The molecule has 2 N–H and O–H groups in total. The Kier molecular flexibility index (Phi) is 4.03. The van der Waals surface area contributed by atoms with Crippen LogP contribution < -0.4 is 5.73 Å². The molecule has 0 amide bonds. The topological polar surface area (TPSA) is 78.4 Å². The van der Waals surface area contributed by atoms with Crippen molar-refractivity contribution in [2.45, 2.75) is 62.9 Å². The number of aromatic nitrogens is 3. The lowest BCUT2D eigenvalue weighted by Crippen LogP contribution is -2.37. The Hall–Kier alpha value is -1.18. The number of nitrogens with two attached hydrogens (primary N) is 1. The third kappa shape index (κ3) is 2.97. The summed E-state index contributed by atoms with van der Waals surface area (Å²) < 4.78 is 14.0. The molecule has 0 radical (unpaired) electrons. The molecule has 0 bridgehead atoms. The summed E-state index contributed by atoms with van der Waals surface area (Å²) in [6.07, 6.45) is 8.25. The van der Waals surface area contributed by atoms with Gasteiger partial charge in [-0.25, -0.2) is 4.68 Å². The number of likely N-dealkylation sites (tertiary alicyclic amines) is 1. The van der Waals surface area contributed by atoms with Gasteiger partial charge in [-0.15, -0.1) is 0 Å². The average molecular weight is 321 g/mol. The van der Waals surface area contributed by atoms with Gasteiger partial charge in [0.25, 0.3) is 0 Å². The van der Waals surface area contributed by atoms with Crippen LogP contribution in [0.15, 0.2) is 0 Å². The van der Waals surface area contributed by atoms with Gasteiger partial charge >= 0.3 is 0 Å². The summed E-state index contributed by atoms with van der Waals surface area (Å²) >= 11 is 0. The molecule has 2 saturated heterocycles. The standard InChI is InChI=1S/C16H27N5O2/c1-20-15(17)18-14(19-20)13-6-5-9-21(13)10-12-11-22-16(23-12)7-3-2-4-8-16/h12-13H,2-11H2,1H3,(H2,17,18,19). The molecule has 1 aliphatic carbocycles. The highest BCUT2D eigenvalue weighted by Gasteiger charge is 2.43. The number of nitrogen functional groups attached to an aromatic ring is 1. The Morgan fingerprint density at radius 3 is 2.83 bits per heavy atom. The Balaban J connectivity index is 1.40. The molecule has 2 aliphatic heterocycles. The summed E-state index contributed by atoms with van der Waals surface area (Å²) in [6.45, 7) is 2.67. The Morgan fingerprint density at radius 2 is 2.09 bits per heavy atom. The molecule has 1 spiro atoms. The van der Waals surface area contributed by atoms with E-state index in [1.807, 2.05) is 7.05 Å². The highest BCUT2D eigenvalue weighted by molar-refractivity contribution is 5.17. The van der Waals surface area contributed by atoms with Crippen LogP contribution in [-0.4, -0.2) is 51.3 Å². The number of rotatable bonds is 3. The quantitative estimate of drug-likeness (QED) is 0.911. The fraction of sp³-hybridized carbons (Fsp3) is 0.875. The SMILES string of the molecule is Cn1nc(C2CCCN2CC2COC3(CCCCC3)O2)nc1N. The van der Waals surface area contributed by atoms with E-state index in [1.165, 1.54) is 25.7 Å². The lowest BCUT2D eigenvalue weighted by molar-refractivity contribution is -0.188. The molecule has 2 unspecified atom stereocenters. The largest absolute Gasteiger partial charge is 0.368 e. The minimum atomic E-state index is -0.286. The van der Waals surface area contributed by atoms with E-state index in [4.69, 9.17) is 15.2 Å². The van der Waals surface area contributed by atoms with Crippen molar-refractivity contribution in [1.82, 2.24) is 19.7 Å². The zero-order chi connectivity index (χ0) is 15.9. The van der Waals surface area contributed by atoms with E-state index in [9.17, 15) is 0 Å². The van der Waals surface area contributed by atoms with Crippen molar-refractivity contribution in [3.8, 4) is 0 Å². The van der Waals surface area contributed by atoms with Crippen molar-refractivity contribution in [3.63, 3.8) is 0 Å². The second-order valence-corrected chi connectivity index (χ2v) is 7.13. The lowest BCUT2D eigenvalue weighted by Gasteiger charge is -2.32. The minimum Gasteiger partial charge on any atom is -0.368 e. The molecule has 3 fully saturated rings. The van der Waals surface area contributed by atoms with E-state index >= 15 is 0 Å². The molecule has 3 heterocycles. The van der Waals surface area contributed by atoms with E-state index in [0.717, 1.165) is 38.2 Å². The average Bonchev–Trinajstić information content (AvgIpc) is 3.23. The Labute approximate surface area is 137 Å². The van der Waals surface area contributed by atoms with Crippen LogP contribution in [0, 0.1) is 0 Å². The molecule has 7 heteroatoms. The fourth-order valence-corrected chi connectivity index (χ4v) is 4.22. The molecule has 128 valence electrons. The molecular weight excluding hydrogens is 294 g/mol. The van der Waals surface area contributed by atoms with Crippen molar-refractivity contribution < 1.29 is 9.47 Å². The first-order valence-corrected chi connectivity index (χ1v) is 8.87. The van der Waals surface area contributed by atoms with E-state index in [-0.39, 0.29) is 17.9 Å². The van der Waals surface area contributed by atoms with Gasteiger partial charge in [0, 0.05) is 26.4 Å². The molecule has 23 heavy (non-hydrogen) atoms. The van der Waals surface area contributed by atoms with Gasteiger partial charge in [0.2, 0.25) is 5.95 Å². The van der Waals surface area contributed by atoms with Crippen LogP contribution in [0.5, 0.6) is 0 Å². The summed E-state index contributed by atoms with van der Waals surface area (Å²) in [5.41, 5.74) is 5.84. The Bertz CT molecular complexity index is 535. The van der Waals surface area contributed by atoms with Crippen LogP contribution in [0.25, 0.3) is 0 Å². The van der Waals surface area contributed by atoms with Gasteiger partial charge in [0.15, 0.2) is 11.6 Å². The molecule has 0 aromatic carbocycles. The van der Waals surface area contributed by atoms with E-state index in [2.05, 4.69) is 15.0 Å². The molecule has 1 aromatic rings. The number of hydrogen-bond donors (Lipinski definition) is 1. The smallest absolute Gasteiger partial charge is 0.218 e. The summed E-state index contributed by atoms with van der Waals surface area (Å²) in [5, 5.41) is 4.47. The van der Waals surface area contributed by atoms with Crippen molar-refractivity contribution in [2.75, 3.05) is 25.4 Å². The zero-order valence-corrected chi connectivity index (χ0v) is 13.9. The fourth-order valence-electron chi connectivity index (χ4n) is 4.22. The first-order chi connectivity index (χ1) is 11.2. The zero-order valence-electron chi connectivity index (χ0n) is 13.9. The van der Waals surface area contributed by atoms with Crippen LogP contribution in [0.3, 0.4) is 0 Å². The molecule has 1 aromatic heterocycles. The van der Waals surface area contributed by atoms with Crippen LogP contribution >= 0.6 is 0 Å². The summed E-state index contributed by atoms with van der Waals surface area (Å²) in [5.74, 6) is 1.04. The predicted octanol–water partition coefficient (Wildman–Crippen LogP) is 1.61. The first kappa shape index (κ1) is 15.4. The van der Waals surface area contributed by atoms with E-state index in [1.54, 1.807) is 4.68 Å². The summed E-state index contributed by atoms with van der Waals surface area (Å²) in [7, 11) is 1.84. The maximum Gasteiger partial charge on any atom is 0.218 e. The highest BCUT2D eigenvalue weighted by Crippen LogP contribution is 2.39. The highest BCUT2D eigenvalue weighted by atomic mass is 16.7. The van der Waals surface area contributed by atoms with Crippen LogP contribution in [0.1, 0.15) is 56.8 Å². The van der Waals surface area contributed by atoms with Gasteiger partial charge in [-0.05, 0) is 32.2 Å².